The predicted molar refractivity (Wildman–Crippen MR) is 58.1 cm³/mol. The van der Waals surface area contributed by atoms with Gasteiger partial charge in [0.25, 0.3) is 0 Å². The Morgan fingerprint density at radius 1 is 1.50 bits per heavy atom. The van der Waals surface area contributed by atoms with E-state index < -0.39 is 11.9 Å². The van der Waals surface area contributed by atoms with Gasteiger partial charge in [0.1, 0.15) is 11.8 Å². The molecule has 6 heteroatoms. The number of benzene rings is 1. The molecule has 1 aromatic rings. The normalized spacial score (nSPS) is 12.3. The molecule has 0 saturated carbocycles. The molecule has 0 aliphatic rings. The van der Waals surface area contributed by atoms with Crippen LogP contribution in [0.1, 0.15) is 5.56 Å². The molecule has 0 aliphatic carbocycles. The summed E-state index contributed by atoms with van der Waals surface area (Å²) >= 11 is 0. The third-order valence-corrected chi connectivity index (χ3v) is 2.05. The zero-order valence-corrected chi connectivity index (χ0v) is 8.93. The first-order chi connectivity index (χ1) is 7.63. The predicted octanol–water partition coefficient (Wildman–Crippen LogP) is -0.556. The van der Waals surface area contributed by atoms with Crippen molar-refractivity contribution in [3.05, 3.63) is 29.8 Å². The van der Waals surface area contributed by atoms with Gasteiger partial charge in [-0.15, -0.1) is 5.59 Å². The van der Waals surface area contributed by atoms with Gasteiger partial charge in [-0.25, -0.2) is 5.43 Å². The quantitative estimate of drug-likeness (QED) is 0.487. The van der Waals surface area contributed by atoms with Crippen LogP contribution in [0.15, 0.2) is 24.3 Å². The van der Waals surface area contributed by atoms with E-state index in [0.717, 1.165) is 5.56 Å². The minimum absolute atomic E-state index is 0.183. The van der Waals surface area contributed by atoms with Crippen LogP contribution in [0, 0.1) is 0 Å². The van der Waals surface area contributed by atoms with Gasteiger partial charge in [-0.3, -0.25) is 9.63 Å². The van der Waals surface area contributed by atoms with Crippen LogP contribution in [-0.2, 0) is 16.1 Å². The second-order valence-electron chi connectivity index (χ2n) is 3.28. The number of hydrogen-bond acceptors (Lipinski definition) is 5. The number of carbonyl (C=O) groups excluding carboxylic acids is 1. The Kier molecular flexibility index (Phi) is 4.71. The summed E-state index contributed by atoms with van der Waals surface area (Å²) < 4.78 is 0. The topological polar surface area (TPSA) is 96.6 Å². The van der Waals surface area contributed by atoms with Gasteiger partial charge in [-0.1, -0.05) is 12.1 Å². The summed E-state index contributed by atoms with van der Waals surface area (Å²) in [5.41, 5.74) is 11.1. The van der Waals surface area contributed by atoms with Crippen molar-refractivity contribution < 1.29 is 14.7 Å². The van der Waals surface area contributed by atoms with Crippen molar-refractivity contribution in [1.82, 2.24) is 11.0 Å². The van der Waals surface area contributed by atoms with Gasteiger partial charge in [0, 0.05) is 0 Å². The SMILES string of the molecule is CONNC(Cc1ccc(O)cc1)C(N)=O. The molecule has 1 unspecified atom stereocenters. The Hall–Kier alpha value is -1.63. The average molecular weight is 225 g/mol. The van der Waals surface area contributed by atoms with E-state index in [1.165, 1.54) is 7.11 Å². The first kappa shape index (κ1) is 12.4. The summed E-state index contributed by atoms with van der Waals surface area (Å²) in [4.78, 5) is 15.7. The third kappa shape index (κ3) is 3.85. The van der Waals surface area contributed by atoms with Gasteiger partial charge in [-0.05, 0) is 24.1 Å². The van der Waals surface area contributed by atoms with Crippen molar-refractivity contribution in [3.8, 4) is 5.75 Å². The van der Waals surface area contributed by atoms with Crippen molar-refractivity contribution in [2.45, 2.75) is 12.5 Å². The average Bonchev–Trinajstić information content (AvgIpc) is 2.26. The number of carbonyl (C=O) groups is 1. The van der Waals surface area contributed by atoms with E-state index >= 15 is 0 Å². The number of phenols is 1. The highest BCUT2D eigenvalue weighted by Gasteiger charge is 2.14. The van der Waals surface area contributed by atoms with Gasteiger partial charge >= 0.3 is 0 Å². The highest BCUT2D eigenvalue weighted by Crippen LogP contribution is 2.11. The monoisotopic (exact) mass is 225 g/mol. The van der Waals surface area contributed by atoms with Gasteiger partial charge in [-0.2, -0.15) is 0 Å². The number of rotatable bonds is 6. The Morgan fingerprint density at radius 3 is 2.62 bits per heavy atom. The summed E-state index contributed by atoms with van der Waals surface area (Å²) in [6.07, 6.45) is 0.409. The molecule has 0 saturated heterocycles. The fourth-order valence-corrected chi connectivity index (χ4v) is 1.22. The molecule has 0 radical (unpaired) electrons. The fraction of sp³-hybridized carbons (Fsp3) is 0.300. The second-order valence-corrected chi connectivity index (χ2v) is 3.28. The summed E-state index contributed by atoms with van der Waals surface area (Å²) in [6, 6.07) is 5.97. The van der Waals surface area contributed by atoms with Crippen LogP contribution >= 0.6 is 0 Å². The van der Waals surface area contributed by atoms with Gasteiger partial charge in [0.05, 0.1) is 7.11 Å². The molecule has 1 atom stereocenters. The number of amides is 1. The highest BCUT2D eigenvalue weighted by molar-refractivity contribution is 5.80. The molecule has 1 rings (SSSR count). The number of hydrazine groups is 1. The molecule has 16 heavy (non-hydrogen) atoms. The van der Waals surface area contributed by atoms with Gasteiger partial charge < -0.3 is 10.8 Å². The molecule has 88 valence electrons. The molecule has 5 N–H and O–H groups in total. The lowest BCUT2D eigenvalue weighted by atomic mass is 10.1. The molecule has 0 heterocycles. The molecule has 0 bridgehead atoms. The lowest BCUT2D eigenvalue weighted by Crippen LogP contribution is -2.49. The first-order valence-electron chi connectivity index (χ1n) is 4.74. The molecule has 0 fully saturated rings. The number of nitrogens with two attached hydrogens (primary N) is 1. The van der Waals surface area contributed by atoms with E-state index in [-0.39, 0.29) is 5.75 Å². The zero-order valence-electron chi connectivity index (χ0n) is 8.93. The van der Waals surface area contributed by atoms with Crippen LogP contribution in [0.3, 0.4) is 0 Å². The smallest absolute Gasteiger partial charge is 0.236 e. The minimum atomic E-state index is -0.579. The Morgan fingerprint density at radius 2 is 2.12 bits per heavy atom. The van der Waals surface area contributed by atoms with Crippen LogP contribution in [0.2, 0.25) is 0 Å². The molecular weight excluding hydrogens is 210 g/mol. The number of nitrogens with one attached hydrogen (secondary N) is 2. The fourth-order valence-electron chi connectivity index (χ4n) is 1.22. The molecule has 6 nitrogen and oxygen atoms in total. The van der Waals surface area contributed by atoms with E-state index in [2.05, 4.69) is 15.9 Å². The molecule has 1 amide bonds. The summed E-state index contributed by atoms with van der Waals surface area (Å²) in [6.45, 7) is 0. The summed E-state index contributed by atoms with van der Waals surface area (Å²) in [5.74, 6) is -0.306. The van der Waals surface area contributed by atoms with Crippen molar-refractivity contribution in [1.29, 1.82) is 0 Å². The van der Waals surface area contributed by atoms with Crippen molar-refractivity contribution >= 4 is 5.91 Å². The molecule has 0 aromatic heterocycles. The van der Waals surface area contributed by atoms with E-state index in [4.69, 9.17) is 10.8 Å². The zero-order chi connectivity index (χ0) is 12.0. The number of aromatic hydroxyl groups is 1. The first-order valence-corrected chi connectivity index (χ1v) is 4.74. The Labute approximate surface area is 93.3 Å². The molecule has 1 aromatic carbocycles. The Bertz CT molecular complexity index is 340. The van der Waals surface area contributed by atoms with Crippen LogP contribution in [-0.4, -0.2) is 24.2 Å². The number of hydrogen-bond donors (Lipinski definition) is 4. The maximum absolute atomic E-state index is 11.1. The number of phenolic OH excluding ortho intramolecular Hbond substituents is 1. The summed E-state index contributed by atoms with van der Waals surface area (Å²) in [7, 11) is 1.42. The van der Waals surface area contributed by atoms with Crippen LogP contribution in [0.5, 0.6) is 5.75 Å². The van der Waals surface area contributed by atoms with E-state index in [1.807, 2.05) is 0 Å². The van der Waals surface area contributed by atoms with E-state index in [0.29, 0.717) is 6.42 Å². The standard InChI is InChI=1S/C10H15N3O3/c1-16-13-12-9(10(11)15)6-7-2-4-8(14)5-3-7/h2-5,9,12-14H,6H2,1H3,(H2,11,15). The number of primary amides is 1. The lowest BCUT2D eigenvalue weighted by molar-refractivity contribution is -0.121. The second kappa shape index (κ2) is 6.06. The minimum Gasteiger partial charge on any atom is -0.508 e. The van der Waals surface area contributed by atoms with Crippen LogP contribution in [0.25, 0.3) is 0 Å². The molecule has 0 aliphatic heterocycles. The van der Waals surface area contributed by atoms with E-state index in [1.54, 1.807) is 24.3 Å². The van der Waals surface area contributed by atoms with Crippen molar-refractivity contribution in [2.24, 2.45) is 5.73 Å². The lowest BCUT2D eigenvalue weighted by Gasteiger charge is -2.14. The molecular formula is C10H15N3O3. The van der Waals surface area contributed by atoms with Crippen LogP contribution < -0.4 is 16.7 Å². The highest BCUT2D eigenvalue weighted by atomic mass is 16.7. The maximum Gasteiger partial charge on any atom is 0.236 e. The Balaban J connectivity index is 2.60. The van der Waals surface area contributed by atoms with Gasteiger partial charge in [0.2, 0.25) is 5.91 Å². The maximum atomic E-state index is 11.1. The van der Waals surface area contributed by atoms with Crippen LogP contribution in [0.4, 0.5) is 0 Å². The molecule has 0 spiro atoms. The summed E-state index contributed by atoms with van der Waals surface area (Å²) in [5, 5.41) is 9.10. The van der Waals surface area contributed by atoms with Crippen molar-refractivity contribution in [3.63, 3.8) is 0 Å². The van der Waals surface area contributed by atoms with Crippen molar-refractivity contribution in [2.75, 3.05) is 7.11 Å². The van der Waals surface area contributed by atoms with E-state index in [9.17, 15) is 4.79 Å². The third-order valence-electron chi connectivity index (χ3n) is 2.05. The van der Waals surface area contributed by atoms with Gasteiger partial charge in [0.15, 0.2) is 0 Å². The largest absolute Gasteiger partial charge is 0.508 e.